The molecule has 0 heterocycles. The minimum absolute atomic E-state index is 0.00242. The van der Waals surface area contributed by atoms with E-state index in [1.54, 1.807) is 0 Å². The number of hydrogen-bond acceptors (Lipinski definition) is 16. The maximum atomic E-state index is 9.83. The number of hydrogen-bond donors (Lipinski definition) is 0. The van der Waals surface area contributed by atoms with E-state index in [0.717, 1.165) is 0 Å². The van der Waals surface area contributed by atoms with Gasteiger partial charge in [-0.1, -0.05) is 0 Å². The molecule has 0 aromatic carbocycles. The first-order valence-electron chi connectivity index (χ1n) is 13.9. The van der Waals surface area contributed by atoms with Crippen LogP contribution in [-0.2, 0) is 66.4 Å². The fourth-order valence-corrected chi connectivity index (χ4v) is 2.58. The second kappa shape index (κ2) is 39.2. The highest BCUT2D eigenvalue weighted by Crippen LogP contribution is 1.87. The van der Waals surface area contributed by atoms with Crippen LogP contribution in [0, 0.1) is 11.5 Å². The molecule has 0 N–H and O–H groups in total. The van der Waals surface area contributed by atoms with Gasteiger partial charge in [0.1, 0.15) is 6.73 Å². The number of carbonyl (C=O) groups excluding carboxylic acids is 1. The average molecular weight is 613 g/mol. The van der Waals surface area contributed by atoms with E-state index in [1.165, 1.54) is 12.3 Å². The largest absolute Gasteiger partial charge is 0.398 e. The number of rotatable bonds is 37. The van der Waals surface area contributed by atoms with Crippen LogP contribution in [0.25, 0.3) is 0 Å². The molecule has 16 nitrogen and oxygen atoms in total. The molecule has 0 radical (unpaired) electrons. The number of aliphatic imine (C=N–C) groups is 1. The maximum absolute atomic E-state index is 9.83. The lowest BCUT2D eigenvalue weighted by Crippen LogP contribution is -2.15. The lowest BCUT2D eigenvalue weighted by Gasteiger charge is -2.09. The molecule has 0 aromatic rings. The summed E-state index contributed by atoms with van der Waals surface area (Å²) in [4.78, 5) is 13.1. The fraction of sp³-hybridized carbons (Fsp3) is 0.923. The SMILES string of the molecule is N#COCOCCOCCOCCOCCOCCOCCOCCOCCOCCOCCOCCOCN=C=O. The average Bonchev–Trinajstić information content (AvgIpc) is 3.00. The maximum Gasteiger partial charge on any atom is 0.288 e. The Hall–Kier alpha value is -1.81. The summed E-state index contributed by atoms with van der Waals surface area (Å²) >= 11 is 0. The molecule has 246 valence electrons. The number of nitrogens with zero attached hydrogens (tertiary/aromatic N) is 2. The van der Waals surface area contributed by atoms with Crippen LogP contribution in [-0.4, -0.2) is 165 Å². The smallest absolute Gasteiger partial charge is 0.288 e. The highest BCUT2D eigenvalue weighted by Gasteiger charge is 1.96. The quantitative estimate of drug-likeness (QED) is 0.0300. The fourth-order valence-electron chi connectivity index (χ4n) is 2.58. The van der Waals surface area contributed by atoms with Crippen LogP contribution in [0.4, 0.5) is 0 Å². The topological polar surface area (TPSA) is 173 Å². The third-order valence-corrected chi connectivity index (χ3v) is 4.52. The van der Waals surface area contributed by atoms with Gasteiger partial charge in [0.25, 0.3) is 6.26 Å². The van der Waals surface area contributed by atoms with Gasteiger partial charge in [-0.25, -0.2) is 4.79 Å². The number of nitriles is 1. The normalized spacial score (nSPS) is 10.9. The Kier molecular flexibility index (Phi) is 37.5. The van der Waals surface area contributed by atoms with Crippen molar-refractivity contribution in [1.82, 2.24) is 0 Å². The summed E-state index contributed by atoms with van der Waals surface area (Å²) in [5, 5.41) is 8.16. The van der Waals surface area contributed by atoms with E-state index in [1.807, 2.05) is 0 Å². The predicted molar refractivity (Wildman–Crippen MR) is 145 cm³/mol. The molecule has 0 saturated heterocycles. The van der Waals surface area contributed by atoms with Crippen LogP contribution in [0.3, 0.4) is 0 Å². The third-order valence-electron chi connectivity index (χ3n) is 4.52. The van der Waals surface area contributed by atoms with Gasteiger partial charge in [0.2, 0.25) is 12.9 Å². The number of isocyanates is 1. The van der Waals surface area contributed by atoms with Crippen molar-refractivity contribution in [3.8, 4) is 6.26 Å². The Labute approximate surface area is 248 Å². The summed E-state index contributed by atoms with van der Waals surface area (Å²) in [5.74, 6) is 0. The molecule has 0 fully saturated rings. The van der Waals surface area contributed by atoms with Crippen molar-refractivity contribution < 1.29 is 66.4 Å². The first-order chi connectivity index (χ1) is 20.9. The second-order valence-electron chi connectivity index (χ2n) is 7.67. The van der Waals surface area contributed by atoms with Gasteiger partial charge in [0.15, 0.2) is 0 Å². The van der Waals surface area contributed by atoms with E-state index in [0.29, 0.717) is 145 Å². The van der Waals surface area contributed by atoms with Crippen LogP contribution >= 0.6 is 0 Å². The zero-order valence-corrected chi connectivity index (χ0v) is 24.6. The highest BCUT2D eigenvalue weighted by molar-refractivity contribution is 5.32. The summed E-state index contributed by atoms with van der Waals surface area (Å²) in [7, 11) is 0. The van der Waals surface area contributed by atoms with E-state index in [4.69, 9.17) is 62.1 Å². The Morgan fingerprint density at radius 3 is 0.857 bits per heavy atom. The lowest BCUT2D eigenvalue weighted by molar-refractivity contribution is -0.0425. The van der Waals surface area contributed by atoms with E-state index in [2.05, 4.69) is 9.73 Å². The summed E-state index contributed by atoms with van der Waals surface area (Å²) in [6, 6.07) is 0. The van der Waals surface area contributed by atoms with E-state index in [-0.39, 0.29) is 13.5 Å². The molecule has 0 amide bonds. The van der Waals surface area contributed by atoms with Gasteiger partial charge in [-0.3, -0.25) is 0 Å². The molecule has 0 rings (SSSR count). The molecule has 0 aliphatic rings. The van der Waals surface area contributed by atoms with Gasteiger partial charge in [-0.15, -0.1) is 0 Å². The molecule has 0 aromatic heterocycles. The first kappa shape index (κ1) is 40.2. The van der Waals surface area contributed by atoms with Crippen LogP contribution in [0.2, 0.25) is 0 Å². The van der Waals surface area contributed by atoms with Crippen molar-refractivity contribution >= 4 is 6.08 Å². The Morgan fingerprint density at radius 2 is 0.619 bits per heavy atom. The summed E-state index contributed by atoms with van der Waals surface area (Å²) < 4.78 is 68.2. The molecule has 0 atom stereocenters. The minimum atomic E-state index is -0.0604. The highest BCUT2D eigenvalue weighted by atomic mass is 16.7. The van der Waals surface area contributed by atoms with E-state index in [9.17, 15) is 4.79 Å². The van der Waals surface area contributed by atoms with Crippen molar-refractivity contribution in [3.05, 3.63) is 0 Å². The van der Waals surface area contributed by atoms with Crippen LogP contribution in [0.1, 0.15) is 0 Å². The van der Waals surface area contributed by atoms with Crippen molar-refractivity contribution in [2.45, 2.75) is 0 Å². The Bertz CT molecular complexity index is 608. The molecule has 0 unspecified atom stereocenters. The Morgan fingerprint density at radius 1 is 0.381 bits per heavy atom. The van der Waals surface area contributed by atoms with Gasteiger partial charge in [-0.05, 0) is 0 Å². The van der Waals surface area contributed by atoms with Crippen LogP contribution < -0.4 is 0 Å². The van der Waals surface area contributed by atoms with E-state index < -0.39 is 0 Å². The first-order valence-corrected chi connectivity index (χ1v) is 13.9. The zero-order valence-electron chi connectivity index (χ0n) is 24.6. The standard InChI is InChI=1S/C26H48N2O14/c27-23-42-26-41-22-20-39-18-16-37-14-12-35-10-8-33-6-4-31-2-1-30-3-5-32-7-9-34-11-13-36-15-17-38-19-21-40-25-28-24-29/h1-22,25-26H2. The molecular formula is C26H48N2O14. The van der Waals surface area contributed by atoms with Gasteiger partial charge in [-0.2, -0.15) is 10.3 Å². The molecule has 16 heteroatoms. The molecule has 0 saturated carbocycles. The molecule has 0 aliphatic carbocycles. The molecular weight excluding hydrogens is 564 g/mol. The monoisotopic (exact) mass is 612 g/mol. The van der Waals surface area contributed by atoms with E-state index >= 15 is 0 Å². The van der Waals surface area contributed by atoms with Crippen LogP contribution in [0.15, 0.2) is 4.99 Å². The van der Waals surface area contributed by atoms with Gasteiger partial charge in [0.05, 0.1) is 145 Å². The predicted octanol–water partition coefficient (Wildman–Crippen LogP) is -0.0659. The van der Waals surface area contributed by atoms with Crippen molar-refractivity contribution in [2.75, 3.05) is 159 Å². The molecule has 0 aliphatic heterocycles. The molecule has 0 bridgehead atoms. The van der Waals surface area contributed by atoms with Crippen molar-refractivity contribution in [3.63, 3.8) is 0 Å². The molecule has 0 spiro atoms. The van der Waals surface area contributed by atoms with Crippen molar-refractivity contribution in [1.29, 1.82) is 5.26 Å². The summed E-state index contributed by atoms with van der Waals surface area (Å²) in [6.45, 7) is 10.1. The number of ether oxygens (including phenoxy) is 13. The zero-order chi connectivity index (χ0) is 30.3. The minimum Gasteiger partial charge on any atom is -0.398 e. The lowest BCUT2D eigenvalue weighted by atomic mass is 10.6. The molecule has 42 heavy (non-hydrogen) atoms. The van der Waals surface area contributed by atoms with Crippen molar-refractivity contribution in [2.24, 2.45) is 4.99 Å². The van der Waals surface area contributed by atoms with Gasteiger partial charge >= 0.3 is 0 Å². The second-order valence-corrected chi connectivity index (χ2v) is 7.67. The summed E-state index contributed by atoms with van der Waals surface area (Å²) in [6.07, 6.45) is 2.90. The summed E-state index contributed by atoms with van der Waals surface area (Å²) in [5.41, 5.74) is 0. The van der Waals surface area contributed by atoms with Gasteiger partial charge in [0, 0.05) is 0 Å². The third kappa shape index (κ3) is 38.2. The Balaban J connectivity index is 3.04. The van der Waals surface area contributed by atoms with Gasteiger partial charge < -0.3 is 61.6 Å². The van der Waals surface area contributed by atoms with Crippen LogP contribution in [0.5, 0.6) is 0 Å².